The second-order valence-corrected chi connectivity index (χ2v) is 4.87. The Bertz CT molecular complexity index is 708. The van der Waals surface area contributed by atoms with Crippen LogP contribution in [0.15, 0.2) is 24.3 Å². The fourth-order valence-corrected chi connectivity index (χ4v) is 1.78. The number of hydrogen-bond donors (Lipinski definition) is 3. The van der Waals surface area contributed by atoms with E-state index in [4.69, 9.17) is 4.74 Å². The number of aromatic amines is 1. The number of aromatic nitrogens is 2. The lowest BCUT2D eigenvalue weighted by Gasteiger charge is -2.09. The predicted molar refractivity (Wildman–Crippen MR) is 78.2 cm³/mol. The lowest BCUT2D eigenvalue weighted by atomic mass is 10.2. The summed E-state index contributed by atoms with van der Waals surface area (Å²) < 4.78 is 4.85. The monoisotopic (exact) mass is 304 g/mol. The molecule has 0 fully saturated rings. The molecule has 0 aliphatic carbocycles. The molecule has 0 aliphatic heterocycles. The number of benzene rings is 1. The Balaban J connectivity index is 1.90. The summed E-state index contributed by atoms with van der Waals surface area (Å²) in [6.07, 6.45) is 0. The standard InChI is InChI=1S/C14H16N4O4/c1-8(2)15-14(21)16-11(19)7-22-13(20)12-9-5-3-4-6-10(9)17-18-12/h3-6,8H,7H2,1-2H3,(H,17,18)(H2,15,16,19,21). The van der Waals surface area contributed by atoms with Gasteiger partial charge in [-0.25, -0.2) is 9.59 Å². The Hall–Kier alpha value is -2.90. The number of hydrogen-bond acceptors (Lipinski definition) is 5. The Morgan fingerprint density at radius 3 is 2.73 bits per heavy atom. The van der Waals surface area contributed by atoms with Crippen molar-refractivity contribution in [2.24, 2.45) is 0 Å². The predicted octanol–water partition coefficient (Wildman–Crippen LogP) is 0.954. The molecule has 0 saturated carbocycles. The molecular formula is C14H16N4O4. The van der Waals surface area contributed by atoms with Gasteiger partial charge in [0.05, 0.1) is 5.52 Å². The molecule has 3 N–H and O–H groups in total. The Morgan fingerprint density at radius 2 is 2.00 bits per heavy atom. The number of carbonyl (C=O) groups is 3. The number of carbonyl (C=O) groups excluding carboxylic acids is 3. The quantitative estimate of drug-likeness (QED) is 0.728. The number of fused-ring (bicyclic) bond motifs is 1. The molecule has 0 atom stereocenters. The summed E-state index contributed by atoms with van der Waals surface area (Å²) in [7, 11) is 0. The van der Waals surface area contributed by atoms with Gasteiger partial charge in [0.1, 0.15) is 0 Å². The van der Waals surface area contributed by atoms with Gasteiger partial charge in [0.15, 0.2) is 12.3 Å². The van der Waals surface area contributed by atoms with Crippen molar-refractivity contribution in [3.8, 4) is 0 Å². The molecule has 3 amide bonds. The molecule has 1 heterocycles. The zero-order chi connectivity index (χ0) is 16.1. The Morgan fingerprint density at radius 1 is 1.27 bits per heavy atom. The molecule has 8 heteroatoms. The van der Waals surface area contributed by atoms with Crippen molar-refractivity contribution < 1.29 is 19.1 Å². The van der Waals surface area contributed by atoms with E-state index in [9.17, 15) is 14.4 Å². The fraction of sp³-hybridized carbons (Fsp3) is 0.286. The number of H-pyrrole nitrogens is 1. The number of para-hydroxylation sites is 1. The van der Waals surface area contributed by atoms with Gasteiger partial charge in [-0.2, -0.15) is 5.10 Å². The molecule has 1 aromatic heterocycles. The zero-order valence-corrected chi connectivity index (χ0v) is 12.2. The average Bonchev–Trinajstić information content (AvgIpc) is 2.87. The minimum Gasteiger partial charge on any atom is -0.451 e. The van der Waals surface area contributed by atoms with E-state index in [1.54, 1.807) is 38.1 Å². The topological polar surface area (TPSA) is 113 Å². The zero-order valence-electron chi connectivity index (χ0n) is 12.2. The van der Waals surface area contributed by atoms with Crippen LogP contribution in [0.1, 0.15) is 24.3 Å². The molecule has 2 rings (SSSR count). The summed E-state index contributed by atoms with van der Waals surface area (Å²) in [5, 5.41) is 11.7. The first kappa shape index (κ1) is 15.5. The van der Waals surface area contributed by atoms with E-state index in [1.807, 2.05) is 0 Å². The van der Waals surface area contributed by atoms with Crippen LogP contribution < -0.4 is 10.6 Å². The van der Waals surface area contributed by atoms with Crippen LogP contribution in [0.5, 0.6) is 0 Å². The van der Waals surface area contributed by atoms with Crippen molar-refractivity contribution in [2.45, 2.75) is 19.9 Å². The summed E-state index contributed by atoms with van der Waals surface area (Å²) in [6.45, 7) is 2.95. The van der Waals surface area contributed by atoms with Crippen molar-refractivity contribution in [1.82, 2.24) is 20.8 Å². The first-order chi connectivity index (χ1) is 10.5. The van der Waals surface area contributed by atoms with Gasteiger partial charge in [-0.3, -0.25) is 15.2 Å². The molecule has 8 nitrogen and oxygen atoms in total. The lowest BCUT2D eigenvalue weighted by molar-refractivity contribution is -0.123. The minimum absolute atomic E-state index is 0.0926. The van der Waals surface area contributed by atoms with Crippen molar-refractivity contribution >= 4 is 28.8 Å². The highest BCUT2D eigenvalue weighted by atomic mass is 16.5. The molecule has 0 spiro atoms. The van der Waals surface area contributed by atoms with Crippen LogP contribution in [0.3, 0.4) is 0 Å². The fourth-order valence-electron chi connectivity index (χ4n) is 1.78. The Labute approximate surface area is 126 Å². The molecule has 22 heavy (non-hydrogen) atoms. The summed E-state index contributed by atoms with van der Waals surface area (Å²) in [5.74, 6) is -1.46. The normalized spacial score (nSPS) is 10.5. The van der Waals surface area contributed by atoms with Crippen LogP contribution in [-0.4, -0.2) is 40.8 Å². The molecule has 116 valence electrons. The van der Waals surface area contributed by atoms with E-state index in [0.717, 1.165) is 0 Å². The maximum Gasteiger partial charge on any atom is 0.359 e. The van der Waals surface area contributed by atoms with Crippen LogP contribution in [0.25, 0.3) is 10.9 Å². The summed E-state index contributed by atoms with van der Waals surface area (Å²) in [6, 6.07) is 6.30. The SMILES string of the molecule is CC(C)NC(=O)NC(=O)COC(=O)c1n[nH]c2ccccc12. The third-order valence-electron chi connectivity index (χ3n) is 2.67. The van der Waals surface area contributed by atoms with Crippen molar-refractivity contribution in [3.63, 3.8) is 0 Å². The number of nitrogens with one attached hydrogen (secondary N) is 3. The highest BCUT2D eigenvalue weighted by Crippen LogP contribution is 2.15. The number of nitrogens with zero attached hydrogens (tertiary/aromatic N) is 1. The van der Waals surface area contributed by atoms with Crippen molar-refractivity contribution in [1.29, 1.82) is 0 Å². The van der Waals surface area contributed by atoms with Crippen LogP contribution in [0.4, 0.5) is 4.79 Å². The maximum atomic E-state index is 11.9. The second kappa shape index (κ2) is 6.70. The van der Waals surface area contributed by atoms with E-state index in [2.05, 4.69) is 20.8 Å². The number of rotatable bonds is 4. The first-order valence-corrected chi connectivity index (χ1v) is 6.68. The molecular weight excluding hydrogens is 288 g/mol. The van der Waals surface area contributed by atoms with E-state index in [-0.39, 0.29) is 11.7 Å². The van der Waals surface area contributed by atoms with Gasteiger partial charge in [-0.1, -0.05) is 18.2 Å². The third-order valence-corrected chi connectivity index (χ3v) is 2.67. The number of imide groups is 1. The van der Waals surface area contributed by atoms with E-state index < -0.39 is 24.5 Å². The Kier molecular flexibility index (Phi) is 4.72. The highest BCUT2D eigenvalue weighted by Gasteiger charge is 2.17. The van der Waals surface area contributed by atoms with Gasteiger partial charge < -0.3 is 10.1 Å². The molecule has 0 saturated heterocycles. The maximum absolute atomic E-state index is 11.9. The molecule has 0 aliphatic rings. The largest absolute Gasteiger partial charge is 0.451 e. The van der Waals surface area contributed by atoms with Crippen molar-refractivity contribution in [3.05, 3.63) is 30.0 Å². The van der Waals surface area contributed by atoms with E-state index >= 15 is 0 Å². The van der Waals surface area contributed by atoms with Crippen LogP contribution in [0, 0.1) is 0 Å². The summed E-state index contributed by atoms with van der Waals surface area (Å²) >= 11 is 0. The first-order valence-electron chi connectivity index (χ1n) is 6.68. The highest BCUT2D eigenvalue weighted by molar-refractivity contribution is 6.03. The van der Waals surface area contributed by atoms with Gasteiger partial charge in [0.25, 0.3) is 5.91 Å². The number of urea groups is 1. The molecule has 0 unspecified atom stereocenters. The number of esters is 1. The minimum atomic E-state index is -0.739. The van der Waals surface area contributed by atoms with Gasteiger partial charge in [-0.05, 0) is 19.9 Å². The number of ether oxygens (including phenoxy) is 1. The summed E-state index contributed by atoms with van der Waals surface area (Å²) in [5.41, 5.74) is 0.783. The summed E-state index contributed by atoms with van der Waals surface area (Å²) in [4.78, 5) is 34.7. The average molecular weight is 304 g/mol. The molecule has 1 aromatic carbocycles. The molecule has 0 radical (unpaired) electrons. The molecule has 0 bridgehead atoms. The van der Waals surface area contributed by atoms with E-state index in [0.29, 0.717) is 10.9 Å². The van der Waals surface area contributed by atoms with E-state index in [1.165, 1.54) is 0 Å². The second-order valence-electron chi connectivity index (χ2n) is 4.87. The molecule has 2 aromatic rings. The smallest absolute Gasteiger partial charge is 0.359 e. The van der Waals surface area contributed by atoms with Gasteiger partial charge in [0.2, 0.25) is 0 Å². The van der Waals surface area contributed by atoms with Gasteiger partial charge in [0, 0.05) is 11.4 Å². The number of amides is 3. The van der Waals surface area contributed by atoms with Gasteiger partial charge >= 0.3 is 12.0 Å². The van der Waals surface area contributed by atoms with Gasteiger partial charge in [-0.15, -0.1) is 0 Å². The van der Waals surface area contributed by atoms with Crippen LogP contribution in [0.2, 0.25) is 0 Å². The lowest BCUT2D eigenvalue weighted by Crippen LogP contribution is -2.44. The van der Waals surface area contributed by atoms with Crippen molar-refractivity contribution in [2.75, 3.05) is 6.61 Å². The van der Waals surface area contributed by atoms with Crippen LogP contribution >= 0.6 is 0 Å². The van der Waals surface area contributed by atoms with Crippen LogP contribution in [-0.2, 0) is 9.53 Å². The third kappa shape index (κ3) is 3.81.